The van der Waals surface area contributed by atoms with E-state index in [-0.39, 0.29) is 5.91 Å². The van der Waals surface area contributed by atoms with Gasteiger partial charge in [-0.3, -0.25) is 9.78 Å². The normalized spacial score (nSPS) is 17.6. The Morgan fingerprint density at radius 3 is 2.72 bits per heavy atom. The molecule has 0 bridgehead atoms. The fraction of sp³-hybridized carbons (Fsp3) is 0.450. The molecule has 5 nitrogen and oxygen atoms in total. The summed E-state index contributed by atoms with van der Waals surface area (Å²) in [5, 5.41) is 3.03. The highest BCUT2D eigenvalue weighted by molar-refractivity contribution is 5.94. The summed E-state index contributed by atoms with van der Waals surface area (Å²) < 4.78 is 0. The van der Waals surface area contributed by atoms with E-state index in [0.29, 0.717) is 11.6 Å². The van der Waals surface area contributed by atoms with Crippen molar-refractivity contribution in [2.75, 3.05) is 20.1 Å². The van der Waals surface area contributed by atoms with Gasteiger partial charge in [-0.05, 0) is 58.8 Å². The molecule has 0 saturated carbocycles. The fourth-order valence-corrected chi connectivity index (χ4v) is 3.39. The molecular weight excluding hydrogens is 312 g/mol. The first-order chi connectivity index (χ1) is 12.0. The zero-order chi connectivity index (χ0) is 17.8. The average Bonchev–Trinajstić information content (AvgIpc) is 3.02. The van der Waals surface area contributed by atoms with Gasteiger partial charge in [-0.25, -0.2) is 4.98 Å². The lowest BCUT2D eigenvalue weighted by Gasteiger charge is -2.19. The average molecular weight is 338 g/mol. The largest absolute Gasteiger partial charge is 0.352 e. The van der Waals surface area contributed by atoms with E-state index in [2.05, 4.69) is 27.2 Å². The molecule has 2 aromatic rings. The second kappa shape index (κ2) is 7.74. The zero-order valence-corrected chi connectivity index (χ0v) is 15.2. The Kier molecular flexibility index (Phi) is 5.43. The summed E-state index contributed by atoms with van der Waals surface area (Å²) in [6.45, 7) is 5.77. The molecule has 0 aliphatic carbocycles. The van der Waals surface area contributed by atoms with Gasteiger partial charge in [0.25, 0.3) is 5.91 Å². The van der Waals surface area contributed by atoms with Gasteiger partial charge in [0.2, 0.25) is 0 Å². The smallest absolute Gasteiger partial charge is 0.251 e. The van der Waals surface area contributed by atoms with Crippen LogP contribution in [0.25, 0.3) is 11.3 Å². The Balaban J connectivity index is 1.59. The third kappa shape index (κ3) is 4.23. The van der Waals surface area contributed by atoms with Gasteiger partial charge in [0.15, 0.2) is 0 Å². The highest BCUT2D eigenvalue weighted by Crippen LogP contribution is 2.21. The molecular formula is C20H26N4O. The van der Waals surface area contributed by atoms with Gasteiger partial charge in [-0.15, -0.1) is 0 Å². The number of rotatable bonds is 5. The number of aryl methyl sites for hydroxylation is 2. The lowest BCUT2D eigenvalue weighted by Crippen LogP contribution is -2.31. The predicted molar refractivity (Wildman–Crippen MR) is 99.5 cm³/mol. The number of nitrogens with zero attached hydrogens (tertiary/aromatic N) is 3. The molecule has 5 heteroatoms. The van der Waals surface area contributed by atoms with Crippen LogP contribution >= 0.6 is 0 Å². The van der Waals surface area contributed by atoms with Crippen molar-refractivity contribution in [3.05, 3.63) is 47.4 Å². The first-order valence-corrected chi connectivity index (χ1v) is 8.93. The monoisotopic (exact) mass is 338 g/mol. The van der Waals surface area contributed by atoms with E-state index in [1.54, 1.807) is 6.20 Å². The predicted octanol–water partition coefficient (Wildman–Crippen LogP) is 2.97. The van der Waals surface area contributed by atoms with Crippen molar-refractivity contribution in [2.24, 2.45) is 0 Å². The maximum atomic E-state index is 12.3. The molecule has 1 aromatic carbocycles. The van der Waals surface area contributed by atoms with Gasteiger partial charge < -0.3 is 10.2 Å². The van der Waals surface area contributed by atoms with Gasteiger partial charge in [-0.1, -0.05) is 12.1 Å². The topological polar surface area (TPSA) is 58.1 Å². The highest BCUT2D eigenvalue weighted by Gasteiger charge is 2.20. The van der Waals surface area contributed by atoms with Crippen molar-refractivity contribution in [3.63, 3.8) is 0 Å². The van der Waals surface area contributed by atoms with Gasteiger partial charge >= 0.3 is 0 Å². The van der Waals surface area contributed by atoms with Crippen LogP contribution in [0.15, 0.2) is 30.5 Å². The van der Waals surface area contributed by atoms with Crippen molar-refractivity contribution >= 4 is 5.91 Å². The van der Waals surface area contributed by atoms with Crippen molar-refractivity contribution in [3.8, 4) is 11.3 Å². The summed E-state index contributed by atoms with van der Waals surface area (Å²) in [7, 11) is 2.16. The number of carbonyl (C=O) groups excluding carboxylic acids is 1. The summed E-state index contributed by atoms with van der Waals surface area (Å²) in [6.07, 6.45) is 5.27. The third-order valence-corrected chi connectivity index (χ3v) is 4.93. The van der Waals surface area contributed by atoms with Crippen LogP contribution in [0.3, 0.4) is 0 Å². The Hall–Kier alpha value is -2.27. The Labute approximate surface area is 149 Å². The fourth-order valence-electron chi connectivity index (χ4n) is 3.39. The number of likely N-dealkylation sites (tertiary alicyclic amines) is 1. The second-order valence-electron chi connectivity index (χ2n) is 6.84. The molecule has 1 N–H and O–H groups in total. The zero-order valence-electron chi connectivity index (χ0n) is 15.2. The quantitative estimate of drug-likeness (QED) is 0.910. The molecule has 1 aliphatic heterocycles. The maximum Gasteiger partial charge on any atom is 0.251 e. The van der Waals surface area contributed by atoms with Crippen molar-refractivity contribution in [1.29, 1.82) is 0 Å². The first-order valence-electron chi connectivity index (χ1n) is 8.93. The summed E-state index contributed by atoms with van der Waals surface area (Å²) in [5.41, 5.74) is 4.32. The van der Waals surface area contributed by atoms with E-state index in [0.717, 1.165) is 35.6 Å². The highest BCUT2D eigenvalue weighted by atomic mass is 16.1. The number of hydrogen-bond donors (Lipinski definition) is 1. The van der Waals surface area contributed by atoms with Gasteiger partial charge in [-0.2, -0.15) is 0 Å². The van der Waals surface area contributed by atoms with Crippen LogP contribution in [-0.4, -0.2) is 47.0 Å². The molecule has 1 aromatic heterocycles. The summed E-state index contributed by atoms with van der Waals surface area (Å²) in [6, 6.07) is 8.20. The van der Waals surface area contributed by atoms with E-state index >= 15 is 0 Å². The molecule has 25 heavy (non-hydrogen) atoms. The molecule has 1 atom stereocenters. The minimum Gasteiger partial charge on any atom is -0.352 e. The molecule has 0 radical (unpaired) electrons. The molecule has 1 fully saturated rings. The van der Waals surface area contributed by atoms with Crippen LogP contribution in [0.1, 0.15) is 41.0 Å². The Bertz CT molecular complexity index is 742. The number of nitrogens with one attached hydrogen (secondary N) is 1. The molecule has 132 valence electrons. The molecule has 0 spiro atoms. The van der Waals surface area contributed by atoms with Crippen LogP contribution in [0.2, 0.25) is 0 Å². The Morgan fingerprint density at radius 1 is 1.28 bits per heavy atom. The van der Waals surface area contributed by atoms with Gasteiger partial charge in [0.05, 0.1) is 17.1 Å². The third-order valence-electron chi connectivity index (χ3n) is 4.93. The maximum absolute atomic E-state index is 12.3. The lowest BCUT2D eigenvalue weighted by molar-refractivity contribution is 0.0950. The SMILES string of the molecule is Cc1cnc(C)c(-c2ccc(C(=O)NCCC3CCCN3C)cc2)n1. The van der Waals surface area contributed by atoms with Gasteiger partial charge in [0.1, 0.15) is 0 Å². The minimum atomic E-state index is -0.0146. The van der Waals surface area contributed by atoms with Crippen molar-refractivity contribution in [1.82, 2.24) is 20.2 Å². The number of carbonyl (C=O) groups is 1. The van der Waals surface area contributed by atoms with E-state index < -0.39 is 0 Å². The summed E-state index contributed by atoms with van der Waals surface area (Å²) in [4.78, 5) is 23.6. The summed E-state index contributed by atoms with van der Waals surface area (Å²) in [5.74, 6) is -0.0146. The van der Waals surface area contributed by atoms with Crippen molar-refractivity contribution in [2.45, 2.75) is 39.2 Å². The standard InChI is InChI=1S/C20H26N4O/c1-14-13-22-15(2)19(23-14)16-6-8-17(9-7-16)20(25)21-11-10-18-5-4-12-24(18)3/h6-9,13,18H,4-5,10-12H2,1-3H3,(H,21,25). The van der Waals surface area contributed by atoms with Crippen LogP contribution in [0, 0.1) is 13.8 Å². The molecule has 1 unspecified atom stereocenters. The van der Waals surface area contributed by atoms with Crippen LogP contribution in [-0.2, 0) is 0 Å². The van der Waals surface area contributed by atoms with Crippen LogP contribution < -0.4 is 5.32 Å². The van der Waals surface area contributed by atoms with Crippen molar-refractivity contribution < 1.29 is 4.79 Å². The molecule has 1 amide bonds. The number of amides is 1. The molecule has 2 heterocycles. The second-order valence-corrected chi connectivity index (χ2v) is 6.84. The van der Waals surface area contributed by atoms with Crippen LogP contribution in [0.5, 0.6) is 0 Å². The molecule has 1 saturated heterocycles. The molecule has 1 aliphatic rings. The van der Waals surface area contributed by atoms with E-state index in [4.69, 9.17) is 0 Å². The van der Waals surface area contributed by atoms with E-state index in [9.17, 15) is 4.79 Å². The first kappa shape index (κ1) is 17.5. The minimum absolute atomic E-state index is 0.0146. The number of benzene rings is 1. The summed E-state index contributed by atoms with van der Waals surface area (Å²) >= 11 is 0. The number of hydrogen-bond acceptors (Lipinski definition) is 4. The number of aromatic nitrogens is 2. The molecule has 3 rings (SSSR count). The van der Waals surface area contributed by atoms with Gasteiger partial charge in [0, 0.05) is 29.9 Å². The van der Waals surface area contributed by atoms with Crippen LogP contribution in [0.4, 0.5) is 0 Å². The Morgan fingerprint density at radius 2 is 2.04 bits per heavy atom. The van der Waals surface area contributed by atoms with E-state index in [1.165, 1.54) is 19.4 Å². The van der Waals surface area contributed by atoms with E-state index in [1.807, 2.05) is 38.1 Å². The lowest BCUT2D eigenvalue weighted by atomic mass is 10.1.